The molecule has 0 aromatic heterocycles. The molecule has 1 saturated heterocycles. The molecule has 0 aliphatic carbocycles. The Balaban J connectivity index is 2.02. The third-order valence-corrected chi connectivity index (χ3v) is 3.15. The van der Waals surface area contributed by atoms with E-state index in [-0.39, 0.29) is 11.6 Å². The van der Waals surface area contributed by atoms with Crippen LogP contribution in [0.4, 0.5) is 5.69 Å². The van der Waals surface area contributed by atoms with E-state index in [0.717, 1.165) is 26.1 Å². The maximum absolute atomic E-state index is 12.0. The van der Waals surface area contributed by atoms with Gasteiger partial charge < -0.3 is 10.2 Å². The first kappa shape index (κ1) is 14.2. The van der Waals surface area contributed by atoms with Crippen molar-refractivity contribution < 1.29 is 9.72 Å². The van der Waals surface area contributed by atoms with E-state index < -0.39 is 4.92 Å². The third kappa shape index (κ3) is 3.89. The fourth-order valence-corrected chi connectivity index (χ4v) is 2.08. The van der Waals surface area contributed by atoms with Crippen molar-refractivity contribution in [2.45, 2.75) is 6.42 Å². The summed E-state index contributed by atoms with van der Waals surface area (Å²) in [5.74, 6) is -0.0554. The summed E-state index contributed by atoms with van der Waals surface area (Å²) in [5, 5.41) is 13.9. The number of hydrogen-bond donors (Lipinski definition) is 1. The Bertz CT molecular complexity index is 520. The molecular formula is C14H17N3O3. The van der Waals surface area contributed by atoms with Gasteiger partial charge in [0.15, 0.2) is 0 Å². The zero-order chi connectivity index (χ0) is 14.4. The fraction of sp³-hybridized carbons (Fsp3) is 0.357. The number of nitrogens with zero attached hydrogens (tertiary/aromatic N) is 2. The van der Waals surface area contributed by atoms with Gasteiger partial charge in [0.25, 0.3) is 5.69 Å². The van der Waals surface area contributed by atoms with Gasteiger partial charge in [0.2, 0.25) is 5.91 Å². The summed E-state index contributed by atoms with van der Waals surface area (Å²) in [7, 11) is 0. The first-order chi connectivity index (χ1) is 9.66. The Hall–Kier alpha value is -2.21. The summed E-state index contributed by atoms with van der Waals surface area (Å²) >= 11 is 0. The average molecular weight is 275 g/mol. The predicted octanol–water partition coefficient (Wildman–Crippen LogP) is 1.43. The fourth-order valence-electron chi connectivity index (χ4n) is 2.08. The second-order valence-corrected chi connectivity index (χ2v) is 4.61. The summed E-state index contributed by atoms with van der Waals surface area (Å²) < 4.78 is 0. The molecule has 1 aliphatic rings. The van der Waals surface area contributed by atoms with Gasteiger partial charge in [0.05, 0.1) is 4.92 Å². The van der Waals surface area contributed by atoms with Gasteiger partial charge in [-0.25, -0.2) is 0 Å². The molecule has 106 valence electrons. The van der Waals surface area contributed by atoms with Crippen molar-refractivity contribution in [2.24, 2.45) is 0 Å². The van der Waals surface area contributed by atoms with Crippen LogP contribution >= 0.6 is 0 Å². The van der Waals surface area contributed by atoms with Crippen LogP contribution in [0.1, 0.15) is 12.0 Å². The van der Waals surface area contributed by atoms with Crippen LogP contribution in [0, 0.1) is 10.1 Å². The molecule has 1 aromatic carbocycles. The molecule has 0 bridgehead atoms. The lowest BCUT2D eigenvalue weighted by molar-refractivity contribution is -0.384. The molecular weight excluding hydrogens is 258 g/mol. The molecule has 2 rings (SSSR count). The highest BCUT2D eigenvalue weighted by molar-refractivity contribution is 5.91. The van der Waals surface area contributed by atoms with E-state index in [4.69, 9.17) is 0 Å². The topological polar surface area (TPSA) is 75.5 Å². The van der Waals surface area contributed by atoms with Crippen LogP contribution in [0.2, 0.25) is 0 Å². The van der Waals surface area contributed by atoms with E-state index in [9.17, 15) is 14.9 Å². The van der Waals surface area contributed by atoms with Crippen LogP contribution in [0.25, 0.3) is 6.08 Å². The molecule has 6 heteroatoms. The average Bonchev–Trinajstić information content (AvgIpc) is 2.74. The van der Waals surface area contributed by atoms with E-state index in [1.54, 1.807) is 23.1 Å². The molecule has 1 heterocycles. The number of rotatable bonds is 3. The number of nitro benzene ring substituents is 1. The quantitative estimate of drug-likeness (QED) is 0.514. The maximum Gasteiger partial charge on any atom is 0.270 e. The first-order valence-corrected chi connectivity index (χ1v) is 6.59. The molecule has 1 aliphatic heterocycles. The smallest absolute Gasteiger partial charge is 0.270 e. The van der Waals surface area contributed by atoms with Crippen LogP contribution in [-0.2, 0) is 4.79 Å². The summed E-state index contributed by atoms with van der Waals surface area (Å²) in [6, 6.07) is 6.23. The number of carbonyl (C=O) groups excluding carboxylic acids is 1. The van der Waals surface area contributed by atoms with Gasteiger partial charge in [0.1, 0.15) is 0 Å². The van der Waals surface area contributed by atoms with Crippen LogP contribution in [0.15, 0.2) is 30.3 Å². The summed E-state index contributed by atoms with van der Waals surface area (Å²) in [6.07, 6.45) is 4.04. The molecule has 20 heavy (non-hydrogen) atoms. The Labute approximate surface area is 117 Å². The zero-order valence-corrected chi connectivity index (χ0v) is 11.1. The number of non-ortho nitro benzene ring substituents is 1. The lowest BCUT2D eigenvalue weighted by Gasteiger charge is -2.17. The molecule has 0 radical (unpaired) electrons. The molecule has 1 aromatic rings. The normalized spacial score (nSPS) is 16.1. The second kappa shape index (κ2) is 6.81. The SMILES string of the molecule is O=C(/C=C/c1cccc([N+](=O)[O-])c1)N1CCCNCC1. The Morgan fingerprint density at radius 1 is 1.35 bits per heavy atom. The number of hydrogen-bond acceptors (Lipinski definition) is 4. The van der Waals surface area contributed by atoms with Crippen LogP contribution < -0.4 is 5.32 Å². The van der Waals surface area contributed by atoms with Crippen molar-refractivity contribution in [3.8, 4) is 0 Å². The number of amides is 1. The van der Waals surface area contributed by atoms with E-state index in [2.05, 4.69) is 5.32 Å². The monoisotopic (exact) mass is 275 g/mol. The van der Waals surface area contributed by atoms with E-state index >= 15 is 0 Å². The minimum absolute atomic E-state index is 0.0265. The third-order valence-electron chi connectivity index (χ3n) is 3.15. The van der Waals surface area contributed by atoms with Crippen LogP contribution in [-0.4, -0.2) is 41.9 Å². The van der Waals surface area contributed by atoms with Crippen molar-refractivity contribution in [1.82, 2.24) is 10.2 Å². The van der Waals surface area contributed by atoms with Gasteiger partial charge in [-0.1, -0.05) is 12.1 Å². The first-order valence-electron chi connectivity index (χ1n) is 6.59. The van der Waals surface area contributed by atoms with Crippen LogP contribution in [0.3, 0.4) is 0 Å². The van der Waals surface area contributed by atoms with Crippen molar-refractivity contribution in [1.29, 1.82) is 0 Å². The molecule has 0 unspecified atom stereocenters. The molecule has 6 nitrogen and oxygen atoms in total. The van der Waals surface area contributed by atoms with E-state index in [1.165, 1.54) is 18.2 Å². The highest BCUT2D eigenvalue weighted by Gasteiger charge is 2.12. The van der Waals surface area contributed by atoms with Gasteiger partial charge in [0, 0.05) is 37.8 Å². The van der Waals surface area contributed by atoms with Gasteiger partial charge >= 0.3 is 0 Å². The zero-order valence-electron chi connectivity index (χ0n) is 11.1. The number of benzene rings is 1. The lowest BCUT2D eigenvalue weighted by atomic mass is 10.2. The largest absolute Gasteiger partial charge is 0.338 e. The van der Waals surface area contributed by atoms with Crippen molar-refractivity contribution >= 4 is 17.7 Å². The number of nitro groups is 1. The van der Waals surface area contributed by atoms with E-state index in [1.807, 2.05) is 0 Å². The summed E-state index contributed by atoms with van der Waals surface area (Å²) in [4.78, 5) is 24.0. The minimum Gasteiger partial charge on any atom is -0.338 e. The summed E-state index contributed by atoms with van der Waals surface area (Å²) in [5.41, 5.74) is 0.680. The summed E-state index contributed by atoms with van der Waals surface area (Å²) in [6.45, 7) is 3.16. The molecule has 1 N–H and O–H groups in total. The van der Waals surface area contributed by atoms with Crippen molar-refractivity contribution in [3.63, 3.8) is 0 Å². The van der Waals surface area contributed by atoms with Crippen molar-refractivity contribution in [3.05, 3.63) is 46.0 Å². The van der Waals surface area contributed by atoms with Crippen LogP contribution in [0.5, 0.6) is 0 Å². The molecule has 1 amide bonds. The highest BCUT2D eigenvalue weighted by Crippen LogP contribution is 2.14. The maximum atomic E-state index is 12.0. The van der Waals surface area contributed by atoms with Gasteiger partial charge in [-0.2, -0.15) is 0 Å². The molecule has 0 saturated carbocycles. The second-order valence-electron chi connectivity index (χ2n) is 4.61. The highest BCUT2D eigenvalue weighted by atomic mass is 16.6. The Kier molecular flexibility index (Phi) is 4.84. The van der Waals surface area contributed by atoms with Crippen molar-refractivity contribution in [2.75, 3.05) is 26.2 Å². The molecule has 1 fully saturated rings. The lowest BCUT2D eigenvalue weighted by Crippen LogP contribution is -2.32. The van der Waals surface area contributed by atoms with Gasteiger partial charge in [-0.15, -0.1) is 0 Å². The molecule has 0 spiro atoms. The van der Waals surface area contributed by atoms with Gasteiger partial charge in [-0.05, 0) is 24.6 Å². The predicted molar refractivity (Wildman–Crippen MR) is 76.2 cm³/mol. The van der Waals surface area contributed by atoms with Gasteiger partial charge in [-0.3, -0.25) is 14.9 Å². The molecule has 0 atom stereocenters. The number of carbonyl (C=O) groups is 1. The Morgan fingerprint density at radius 3 is 3.00 bits per heavy atom. The van der Waals surface area contributed by atoms with E-state index in [0.29, 0.717) is 12.1 Å². The minimum atomic E-state index is -0.445. The Morgan fingerprint density at radius 2 is 2.20 bits per heavy atom. The number of nitrogens with one attached hydrogen (secondary N) is 1. The standard InChI is InChI=1S/C14H17N3O3/c18-14(16-9-2-7-15-8-10-16)6-5-12-3-1-4-13(11-12)17(19)20/h1,3-6,11,15H,2,7-10H2/b6-5+.